The van der Waals surface area contributed by atoms with Crippen molar-refractivity contribution in [3.05, 3.63) is 21.4 Å². The van der Waals surface area contributed by atoms with Gasteiger partial charge in [0.1, 0.15) is 0 Å². The van der Waals surface area contributed by atoms with E-state index in [0.717, 1.165) is 30.1 Å². The number of morpholine rings is 1. The fourth-order valence-corrected chi connectivity index (χ4v) is 4.52. The SMILES string of the molecule is O=C(c1cc2c(s1)CCSC2)N1CCOCC1. The summed E-state index contributed by atoms with van der Waals surface area (Å²) in [6, 6.07) is 2.10. The van der Waals surface area contributed by atoms with E-state index in [4.69, 9.17) is 4.74 Å². The molecule has 3 rings (SSSR count). The van der Waals surface area contributed by atoms with Crippen molar-refractivity contribution in [1.82, 2.24) is 4.90 Å². The maximum Gasteiger partial charge on any atom is 0.264 e. The molecule has 1 saturated heterocycles. The molecule has 3 nitrogen and oxygen atoms in total. The Balaban J connectivity index is 1.78. The zero-order valence-electron chi connectivity index (χ0n) is 9.61. The topological polar surface area (TPSA) is 29.5 Å². The van der Waals surface area contributed by atoms with Gasteiger partial charge in [-0.15, -0.1) is 11.3 Å². The van der Waals surface area contributed by atoms with Gasteiger partial charge in [-0.25, -0.2) is 0 Å². The number of fused-ring (bicyclic) bond motifs is 1. The van der Waals surface area contributed by atoms with Gasteiger partial charge < -0.3 is 9.64 Å². The van der Waals surface area contributed by atoms with Gasteiger partial charge in [0.25, 0.3) is 5.91 Å². The molecule has 1 aromatic rings. The first kappa shape index (κ1) is 11.6. The summed E-state index contributed by atoms with van der Waals surface area (Å²) in [6.45, 7) is 2.81. The van der Waals surface area contributed by atoms with Crippen LogP contribution in [0.1, 0.15) is 20.1 Å². The fourth-order valence-electron chi connectivity index (χ4n) is 2.17. The third-order valence-electron chi connectivity index (χ3n) is 3.14. The summed E-state index contributed by atoms with van der Waals surface area (Å²) in [5.74, 6) is 2.46. The highest BCUT2D eigenvalue weighted by atomic mass is 32.2. The fraction of sp³-hybridized carbons (Fsp3) is 0.583. The van der Waals surface area contributed by atoms with Gasteiger partial charge in [-0.3, -0.25) is 4.79 Å². The molecule has 3 heterocycles. The Morgan fingerprint density at radius 3 is 2.94 bits per heavy atom. The summed E-state index contributed by atoms with van der Waals surface area (Å²) >= 11 is 3.65. The van der Waals surface area contributed by atoms with E-state index >= 15 is 0 Å². The quantitative estimate of drug-likeness (QED) is 0.781. The van der Waals surface area contributed by atoms with Gasteiger partial charge in [0.15, 0.2) is 0 Å². The van der Waals surface area contributed by atoms with Gasteiger partial charge in [-0.1, -0.05) is 0 Å². The second kappa shape index (κ2) is 5.00. The molecule has 0 atom stereocenters. The number of rotatable bonds is 1. The van der Waals surface area contributed by atoms with Crippen molar-refractivity contribution in [3.63, 3.8) is 0 Å². The number of hydrogen-bond donors (Lipinski definition) is 0. The number of carbonyl (C=O) groups excluding carboxylic acids is 1. The summed E-state index contributed by atoms with van der Waals surface area (Å²) in [5, 5.41) is 0. The first-order valence-corrected chi connectivity index (χ1v) is 7.88. The van der Waals surface area contributed by atoms with E-state index in [1.54, 1.807) is 11.3 Å². The molecular formula is C12H15NO2S2. The molecule has 0 saturated carbocycles. The standard InChI is InChI=1S/C12H15NO2S2/c14-12(13-2-4-15-5-3-13)11-7-9-8-16-6-1-10(9)17-11/h7H,1-6,8H2. The van der Waals surface area contributed by atoms with Crippen LogP contribution in [0.25, 0.3) is 0 Å². The zero-order valence-corrected chi connectivity index (χ0v) is 11.2. The molecule has 0 aromatic carbocycles. The van der Waals surface area contributed by atoms with E-state index in [-0.39, 0.29) is 5.91 Å². The summed E-state index contributed by atoms with van der Waals surface area (Å²) in [7, 11) is 0. The lowest BCUT2D eigenvalue weighted by atomic mass is 10.2. The average Bonchev–Trinajstić information content (AvgIpc) is 2.82. The van der Waals surface area contributed by atoms with E-state index in [9.17, 15) is 4.79 Å². The van der Waals surface area contributed by atoms with Gasteiger partial charge in [0.05, 0.1) is 18.1 Å². The lowest BCUT2D eigenvalue weighted by molar-refractivity contribution is 0.0306. The van der Waals surface area contributed by atoms with Crippen LogP contribution in [-0.2, 0) is 16.9 Å². The van der Waals surface area contributed by atoms with Crippen LogP contribution in [0.15, 0.2) is 6.07 Å². The maximum atomic E-state index is 12.3. The van der Waals surface area contributed by atoms with Gasteiger partial charge in [-0.2, -0.15) is 11.8 Å². The Morgan fingerprint density at radius 1 is 1.35 bits per heavy atom. The number of amides is 1. The molecule has 2 aliphatic heterocycles. The molecule has 1 amide bonds. The number of thiophene rings is 1. The van der Waals surface area contributed by atoms with Crippen molar-refractivity contribution in [2.24, 2.45) is 0 Å². The predicted molar refractivity (Wildman–Crippen MR) is 70.9 cm³/mol. The molecule has 0 aliphatic carbocycles. The summed E-state index contributed by atoms with van der Waals surface area (Å²) < 4.78 is 5.27. The number of carbonyl (C=O) groups is 1. The minimum Gasteiger partial charge on any atom is -0.378 e. The van der Waals surface area contributed by atoms with Gasteiger partial charge in [-0.05, 0) is 23.8 Å². The third-order valence-corrected chi connectivity index (χ3v) is 5.37. The largest absolute Gasteiger partial charge is 0.378 e. The minimum absolute atomic E-state index is 0.192. The highest BCUT2D eigenvalue weighted by Crippen LogP contribution is 2.32. The molecule has 5 heteroatoms. The van der Waals surface area contributed by atoms with E-state index < -0.39 is 0 Å². The lowest BCUT2D eigenvalue weighted by Gasteiger charge is -2.26. The van der Waals surface area contributed by atoms with Crippen LogP contribution in [0.5, 0.6) is 0 Å². The molecule has 1 aromatic heterocycles. The van der Waals surface area contributed by atoms with Crippen LogP contribution in [0, 0.1) is 0 Å². The molecule has 17 heavy (non-hydrogen) atoms. The summed E-state index contributed by atoms with van der Waals surface area (Å²) in [6.07, 6.45) is 1.13. The molecule has 0 unspecified atom stereocenters. The Labute approximate surface area is 109 Å². The predicted octanol–water partition coefficient (Wildman–Crippen LogP) is 2.01. The number of hydrogen-bond acceptors (Lipinski definition) is 4. The van der Waals surface area contributed by atoms with Gasteiger partial charge in [0, 0.05) is 23.7 Å². The van der Waals surface area contributed by atoms with Crippen LogP contribution in [0.4, 0.5) is 0 Å². The van der Waals surface area contributed by atoms with E-state index in [0.29, 0.717) is 13.2 Å². The maximum absolute atomic E-state index is 12.3. The van der Waals surface area contributed by atoms with Crippen LogP contribution < -0.4 is 0 Å². The third kappa shape index (κ3) is 2.37. The van der Waals surface area contributed by atoms with Crippen LogP contribution in [0.2, 0.25) is 0 Å². The van der Waals surface area contributed by atoms with Crippen molar-refractivity contribution in [2.45, 2.75) is 12.2 Å². The molecule has 0 radical (unpaired) electrons. The normalized spacial score (nSPS) is 20.1. The van der Waals surface area contributed by atoms with E-state index in [2.05, 4.69) is 6.07 Å². The van der Waals surface area contributed by atoms with Crippen molar-refractivity contribution >= 4 is 29.0 Å². The highest BCUT2D eigenvalue weighted by Gasteiger charge is 2.22. The van der Waals surface area contributed by atoms with E-state index in [1.807, 2.05) is 16.7 Å². The Hall–Kier alpha value is -0.520. The second-order valence-corrected chi connectivity index (χ2v) is 6.51. The molecule has 0 bridgehead atoms. The van der Waals surface area contributed by atoms with Gasteiger partial charge in [0.2, 0.25) is 0 Å². The van der Waals surface area contributed by atoms with Gasteiger partial charge >= 0.3 is 0 Å². The van der Waals surface area contributed by atoms with Crippen molar-refractivity contribution in [2.75, 3.05) is 32.1 Å². The van der Waals surface area contributed by atoms with Crippen molar-refractivity contribution < 1.29 is 9.53 Å². The second-order valence-electron chi connectivity index (χ2n) is 4.27. The number of aryl methyl sites for hydroxylation is 1. The number of nitrogens with zero attached hydrogens (tertiary/aromatic N) is 1. The summed E-state index contributed by atoms with van der Waals surface area (Å²) in [5.41, 5.74) is 1.38. The molecule has 92 valence electrons. The molecule has 0 N–H and O–H groups in total. The van der Waals surface area contributed by atoms with Crippen LogP contribution in [-0.4, -0.2) is 42.9 Å². The molecular weight excluding hydrogens is 254 g/mol. The minimum atomic E-state index is 0.192. The Morgan fingerprint density at radius 2 is 2.18 bits per heavy atom. The summed E-state index contributed by atoms with van der Waals surface area (Å²) in [4.78, 5) is 16.5. The molecule has 2 aliphatic rings. The first-order valence-electron chi connectivity index (χ1n) is 5.91. The number of thioether (sulfide) groups is 1. The smallest absolute Gasteiger partial charge is 0.264 e. The molecule has 1 fully saturated rings. The Kier molecular flexibility index (Phi) is 3.40. The van der Waals surface area contributed by atoms with E-state index in [1.165, 1.54) is 16.2 Å². The average molecular weight is 269 g/mol. The van der Waals surface area contributed by atoms with Crippen molar-refractivity contribution in [1.29, 1.82) is 0 Å². The van der Waals surface area contributed by atoms with Crippen LogP contribution in [0.3, 0.4) is 0 Å². The zero-order chi connectivity index (χ0) is 11.7. The monoisotopic (exact) mass is 269 g/mol. The first-order chi connectivity index (χ1) is 8.34. The highest BCUT2D eigenvalue weighted by molar-refractivity contribution is 7.98. The lowest BCUT2D eigenvalue weighted by Crippen LogP contribution is -2.40. The van der Waals surface area contributed by atoms with Crippen molar-refractivity contribution in [3.8, 4) is 0 Å². The Bertz CT molecular complexity index is 401. The van der Waals surface area contributed by atoms with Crippen LogP contribution >= 0.6 is 23.1 Å². The number of ether oxygens (including phenoxy) is 1. The molecule has 0 spiro atoms.